The summed E-state index contributed by atoms with van der Waals surface area (Å²) in [6.07, 6.45) is -3.14. The standard InChI is InChI=1S/C32H35F3N6O3/c1-4-43-27-8-6-5-7-23(27)24-9-10-26(30(39-24)31(42)37-21-13-15-40(3)19-21)41-16-14-22(17-20(41)2)44-28-11-12-29(32(33,34)35)38-25(28)18-36/h5-12,20-22H,4,13-17,19H2,1-3H3,(H,37,42)/t20-,21-,22-/m1/s1. The minimum absolute atomic E-state index is 0.0183. The first kappa shape index (κ1) is 31.1. The van der Waals surface area contributed by atoms with E-state index in [2.05, 4.69) is 20.1 Å². The number of para-hydroxylation sites is 1. The van der Waals surface area contributed by atoms with Crippen LogP contribution in [0.1, 0.15) is 55.0 Å². The fraction of sp³-hybridized carbons (Fsp3) is 0.438. The number of nitriles is 1. The highest BCUT2D eigenvalue weighted by Crippen LogP contribution is 2.35. The van der Waals surface area contributed by atoms with Crippen LogP contribution in [0, 0.1) is 11.3 Å². The molecular weight excluding hydrogens is 573 g/mol. The van der Waals surface area contributed by atoms with E-state index in [-0.39, 0.29) is 29.8 Å². The molecule has 0 unspecified atom stereocenters. The normalized spacial score (nSPS) is 20.7. The molecule has 44 heavy (non-hydrogen) atoms. The van der Waals surface area contributed by atoms with Crippen LogP contribution < -0.4 is 19.7 Å². The number of piperidine rings is 1. The van der Waals surface area contributed by atoms with Crippen molar-refractivity contribution >= 4 is 11.6 Å². The van der Waals surface area contributed by atoms with E-state index < -0.39 is 17.6 Å². The molecule has 232 valence electrons. The van der Waals surface area contributed by atoms with Crippen LogP contribution in [0.25, 0.3) is 11.3 Å². The summed E-state index contributed by atoms with van der Waals surface area (Å²) in [5, 5.41) is 12.6. The molecule has 1 amide bonds. The van der Waals surface area contributed by atoms with Crippen LogP contribution >= 0.6 is 0 Å². The molecule has 0 radical (unpaired) electrons. The predicted molar refractivity (Wildman–Crippen MR) is 159 cm³/mol. The van der Waals surface area contributed by atoms with Crippen molar-refractivity contribution in [2.45, 2.75) is 57.5 Å². The second-order valence-corrected chi connectivity index (χ2v) is 11.2. The van der Waals surface area contributed by atoms with Gasteiger partial charge in [-0.25, -0.2) is 9.97 Å². The Bertz CT molecular complexity index is 1540. The largest absolute Gasteiger partial charge is 0.493 e. The molecule has 2 aromatic heterocycles. The first-order valence-corrected chi connectivity index (χ1v) is 14.7. The number of likely N-dealkylation sites (tertiary alicyclic amines) is 1. The van der Waals surface area contributed by atoms with E-state index in [4.69, 9.17) is 14.5 Å². The van der Waals surface area contributed by atoms with Crippen molar-refractivity contribution in [1.29, 1.82) is 5.26 Å². The van der Waals surface area contributed by atoms with Crippen LogP contribution in [0.4, 0.5) is 18.9 Å². The number of carbonyl (C=O) groups excluding carboxylic acids is 1. The second-order valence-electron chi connectivity index (χ2n) is 11.2. The van der Waals surface area contributed by atoms with Crippen molar-refractivity contribution in [2.75, 3.05) is 38.2 Å². The van der Waals surface area contributed by atoms with Crippen molar-refractivity contribution in [2.24, 2.45) is 0 Å². The topological polar surface area (TPSA) is 104 Å². The van der Waals surface area contributed by atoms with Crippen molar-refractivity contribution in [3.8, 4) is 28.8 Å². The SMILES string of the molecule is CCOc1ccccc1-c1ccc(N2CC[C@@H](Oc3ccc(C(F)(F)F)nc3C#N)C[C@H]2C)c(C(=O)N[C@@H]2CCN(C)C2)n1. The lowest BCUT2D eigenvalue weighted by molar-refractivity contribution is -0.141. The Labute approximate surface area is 254 Å². The fourth-order valence-electron chi connectivity index (χ4n) is 5.82. The average molecular weight is 609 g/mol. The van der Waals surface area contributed by atoms with Crippen molar-refractivity contribution < 1.29 is 27.4 Å². The highest BCUT2D eigenvalue weighted by Gasteiger charge is 2.35. The highest BCUT2D eigenvalue weighted by molar-refractivity contribution is 5.99. The number of pyridine rings is 2. The minimum atomic E-state index is -4.66. The van der Waals surface area contributed by atoms with Crippen molar-refractivity contribution in [1.82, 2.24) is 20.2 Å². The summed E-state index contributed by atoms with van der Waals surface area (Å²) in [4.78, 5) is 26.4. The number of anilines is 1. The number of amides is 1. The van der Waals surface area contributed by atoms with Gasteiger partial charge >= 0.3 is 6.18 Å². The molecule has 9 nitrogen and oxygen atoms in total. The van der Waals surface area contributed by atoms with Gasteiger partial charge < -0.3 is 24.6 Å². The van der Waals surface area contributed by atoms with Gasteiger partial charge in [0.1, 0.15) is 23.6 Å². The number of carbonyl (C=O) groups is 1. The third-order valence-corrected chi connectivity index (χ3v) is 7.96. The summed E-state index contributed by atoms with van der Waals surface area (Å²) in [5.41, 5.74) is 0.864. The van der Waals surface area contributed by atoms with Gasteiger partial charge in [0.25, 0.3) is 5.91 Å². The molecule has 2 fully saturated rings. The van der Waals surface area contributed by atoms with Gasteiger partial charge in [-0.1, -0.05) is 12.1 Å². The smallest absolute Gasteiger partial charge is 0.433 e. The van der Waals surface area contributed by atoms with Gasteiger partial charge in [0, 0.05) is 43.6 Å². The maximum atomic E-state index is 13.8. The molecule has 0 spiro atoms. The number of likely N-dealkylation sites (N-methyl/N-ethyl adjacent to an activating group) is 1. The lowest BCUT2D eigenvalue weighted by Crippen LogP contribution is -2.46. The first-order chi connectivity index (χ1) is 21.1. The molecule has 3 aromatic rings. The van der Waals surface area contributed by atoms with E-state index >= 15 is 0 Å². The lowest BCUT2D eigenvalue weighted by atomic mass is 9.98. The molecule has 4 heterocycles. The van der Waals surface area contributed by atoms with Crippen LogP contribution in [0.5, 0.6) is 11.5 Å². The summed E-state index contributed by atoms with van der Waals surface area (Å²) in [5.74, 6) is 0.447. The van der Waals surface area contributed by atoms with Crippen molar-refractivity contribution in [3.63, 3.8) is 0 Å². The summed E-state index contributed by atoms with van der Waals surface area (Å²) in [7, 11) is 2.02. The molecule has 2 aliphatic heterocycles. The molecule has 3 atom stereocenters. The van der Waals surface area contributed by atoms with Crippen LogP contribution in [0.3, 0.4) is 0 Å². The zero-order chi connectivity index (χ0) is 31.4. The number of nitrogens with one attached hydrogen (secondary N) is 1. The molecule has 2 aliphatic rings. The number of benzene rings is 1. The van der Waals surface area contributed by atoms with E-state index in [1.165, 1.54) is 0 Å². The Balaban J connectivity index is 1.40. The Morgan fingerprint density at radius 2 is 1.89 bits per heavy atom. The first-order valence-electron chi connectivity index (χ1n) is 14.7. The molecule has 5 rings (SSSR count). The molecule has 2 saturated heterocycles. The van der Waals surface area contributed by atoms with Gasteiger partial charge in [0.2, 0.25) is 0 Å². The zero-order valence-corrected chi connectivity index (χ0v) is 24.9. The Morgan fingerprint density at radius 3 is 2.57 bits per heavy atom. The Hall–Kier alpha value is -4.37. The van der Waals surface area contributed by atoms with Gasteiger partial charge in [-0.2, -0.15) is 18.4 Å². The number of alkyl halides is 3. The molecule has 1 aromatic carbocycles. The van der Waals surface area contributed by atoms with Crippen LogP contribution in [0.2, 0.25) is 0 Å². The molecule has 1 N–H and O–H groups in total. The van der Waals surface area contributed by atoms with E-state index in [0.717, 1.165) is 37.2 Å². The van der Waals surface area contributed by atoms with E-state index in [1.54, 1.807) is 6.07 Å². The molecule has 12 heteroatoms. The van der Waals surface area contributed by atoms with E-state index in [1.807, 2.05) is 57.3 Å². The monoisotopic (exact) mass is 608 g/mol. The zero-order valence-electron chi connectivity index (χ0n) is 24.9. The molecule has 0 saturated carbocycles. The highest BCUT2D eigenvalue weighted by atomic mass is 19.4. The summed E-state index contributed by atoms with van der Waals surface area (Å²) in [6.45, 7) is 6.57. The van der Waals surface area contributed by atoms with E-state index in [0.29, 0.717) is 48.8 Å². The Kier molecular flexibility index (Phi) is 9.25. The predicted octanol–water partition coefficient (Wildman–Crippen LogP) is 5.30. The van der Waals surface area contributed by atoms with Gasteiger partial charge in [0.05, 0.1) is 18.0 Å². The summed E-state index contributed by atoms with van der Waals surface area (Å²) < 4.78 is 51.1. The average Bonchev–Trinajstić information content (AvgIpc) is 3.41. The Morgan fingerprint density at radius 1 is 1.09 bits per heavy atom. The number of hydrogen-bond acceptors (Lipinski definition) is 8. The van der Waals surface area contributed by atoms with Crippen LogP contribution in [0.15, 0.2) is 48.5 Å². The second kappa shape index (κ2) is 13.1. The maximum Gasteiger partial charge on any atom is 0.433 e. The summed E-state index contributed by atoms with van der Waals surface area (Å²) in [6, 6.07) is 15.0. The van der Waals surface area contributed by atoms with E-state index in [9.17, 15) is 23.2 Å². The molecule has 0 bridgehead atoms. The van der Waals surface area contributed by atoms with Gasteiger partial charge in [-0.15, -0.1) is 0 Å². The van der Waals surface area contributed by atoms with Crippen molar-refractivity contribution in [3.05, 3.63) is 65.6 Å². The summed E-state index contributed by atoms with van der Waals surface area (Å²) >= 11 is 0. The third-order valence-electron chi connectivity index (χ3n) is 7.96. The van der Waals surface area contributed by atoms with Crippen LogP contribution in [-0.4, -0.2) is 72.3 Å². The number of ether oxygens (including phenoxy) is 2. The van der Waals surface area contributed by atoms with Gasteiger partial charge in [-0.05, 0) is 70.3 Å². The van der Waals surface area contributed by atoms with Gasteiger partial charge in [0.15, 0.2) is 17.1 Å². The quantitative estimate of drug-likeness (QED) is 0.368. The fourth-order valence-corrected chi connectivity index (χ4v) is 5.82. The molecular formula is C32H35F3N6O3. The number of halogens is 3. The maximum absolute atomic E-state index is 13.8. The number of aromatic nitrogens is 2. The number of nitrogens with zero attached hydrogens (tertiary/aromatic N) is 5. The molecule has 0 aliphatic carbocycles. The van der Waals surface area contributed by atoms with Crippen LogP contribution in [-0.2, 0) is 6.18 Å². The lowest BCUT2D eigenvalue weighted by Gasteiger charge is -2.39. The van der Waals surface area contributed by atoms with Gasteiger partial charge in [-0.3, -0.25) is 4.79 Å². The third kappa shape index (κ3) is 6.89. The minimum Gasteiger partial charge on any atom is -0.493 e. The number of rotatable bonds is 8. The number of hydrogen-bond donors (Lipinski definition) is 1.